The zero-order valence-electron chi connectivity index (χ0n) is 21.4. The highest BCUT2D eigenvalue weighted by molar-refractivity contribution is 6.06. The fraction of sp³-hybridized carbons (Fsp3) is 0.241. The molecule has 1 fully saturated rings. The van der Waals surface area contributed by atoms with Crippen molar-refractivity contribution in [1.29, 1.82) is 0 Å². The summed E-state index contributed by atoms with van der Waals surface area (Å²) in [7, 11) is 1.44. The minimum Gasteiger partial charge on any atom is -0.496 e. The van der Waals surface area contributed by atoms with E-state index < -0.39 is 17.6 Å². The molecule has 0 aliphatic carbocycles. The molecule has 0 spiro atoms. The summed E-state index contributed by atoms with van der Waals surface area (Å²) in [4.78, 5) is 27.8. The Kier molecular flexibility index (Phi) is 7.19. The Balaban J connectivity index is 1.47. The summed E-state index contributed by atoms with van der Waals surface area (Å²) in [5.41, 5.74) is 3.05. The molecule has 0 saturated carbocycles. The monoisotopic (exact) mass is 533 g/mol. The van der Waals surface area contributed by atoms with E-state index in [1.54, 1.807) is 30.7 Å². The minimum atomic E-state index is -4.55. The number of rotatable bonds is 6. The summed E-state index contributed by atoms with van der Waals surface area (Å²) in [5, 5.41) is 3.34. The highest BCUT2D eigenvalue weighted by atomic mass is 19.4. The van der Waals surface area contributed by atoms with Crippen LogP contribution < -0.4 is 10.1 Å². The second-order valence-electron chi connectivity index (χ2n) is 9.29. The van der Waals surface area contributed by atoms with E-state index in [-0.39, 0.29) is 17.1 Å². The quantitative estimate of drug-likeness (QED) is 0.314. The minimum absolute atomic E-state index is 0.169. The fourth-order valence-electron chi connectivity index (χ4n) is 4.91. The molecule has 0 radical (unpaired) electrons. The van der Waals surface area contributed by atoms with Crippen LogP contribution in [0.15, 0.2) is 73.5 Å². The number of carbonyl (C=O) groups is 1. The molecule has 3 heterocycles. The molecule has 2 aromatic heterocycles. The predicted octanol–water partition coefficient (Wildman–Crippen LogP) is 6.29. The van der Waals surface area contributed by atoms with Crippen LogP contribution in [0.2, 0.25) is 0 Å². The van der Waals surface area contributed by atoms with Crippen molar-refractivity contribution in [3.63, 3.8) is 0 Å². The average molecular weight is 534 g/mol. The van der Waals surface area contributed by atoms with Crippen LogP contribution in [-0.2, 0) is 6.18 Å². The first-order valence-electron chi connectivity index (χ1n) is 12.4. The molecule has 200 valence electrons. The van der Waals surface area contributed by atoms with Crippen molar-refractivity contribution in [2.24, 2.45) is 0 Å². The van der Waals surface area contributed by atoms with Gasteiger partial charge in [0.2, 0.25) is 0 Å². The van der Waals surface area contributed by atoms with E-state index in [0.29, 0.717) is 5.92 Å². The molecule has 1 saturated heterocycles. The van der Waals surface area contributed by atoms with Crippen LogP contribution in [0, 0.1) is 0 Å². The van der Waals surface area contributed by atoms with Crippen LogP contribution in [0.1, 0.15) is 40.7 Å². The van der Waals surface area contributed by atoms with Crippen molar-refractivity contribution in [2.45, 2.75) is 25.4 Å². The fourth-order valence-corrected chi connectivity index (χ4v) is 4.91. The molecule has 1 atom stereocenters. The molecule has 1 N–H and O–H groups in total. The van der Waals surface area contributed by atoms with Crippen molar-refractivity contribution in [3.05, 3.63) is 90.2 Å². The number of carbonyl (C=O) groups excluding carboxylic acids is 1. The Morgan fingerprint density at radius 1 is 1.13 bits per heavy atom. The Morgan fingerprint density at radius 2 is 1.97 bits per heavy atom. The second-order valence-corrected chi connectivity index (χ2v) is 9.29. The first-order valence-corrected chi connectivity index (χ1v) is 12.4. The van der Waals surface area contributed by atoms with Gasteiger partial charge in [-0.2, -0.15) is 13.2 Å². The zero-order valence-corrected chi connectivity index (χ0v) is 21.4. The Morgan fingerprint density at radius 3 is 2.74 bits per heavy atom. The summed E-state index contributed by atoms with van der Waals surface area (Å²) in [6.45, 7) is 3.85. The van der Waals surface area contributed by atoms with Crippen LogP contribution in [0.25, 0.3) is 22.0 Å². The number of amides is 1. The maximum atomic E-state index is 13.1. The highest BCUT2D eigenvalue weighted by Gasteiger charge is 2.31. The molecule has 39 heavy (non-hydrogen) atoms. The lowest BCUT2D eigenvalue weighted by Crippen LogP contribution is -2.15. The summed E-state index contributed by atoms with van der Waals surface area (Å²) < 4.78 is 44.7. The van der Waals surface area contributed by atoms with Gasteiger partial charge in [0.25, 0.3) is 5.91 Å². The van der Waals surface area contributed by atoms with Gasteiger partial charge in [-0.15, -0.1) is 0 Å². The number of allylic oxidation sites excluding steroid dienone is 1. The molecular weight excluding hydrogens is 507 g/mol. The van der Waals surface area contributed by atoms with Crippen LogP contribution in [0.5, 0.6) is 5.75 Å². The van der Waals surface area contributed by atoms with Crippen LogP contribution in [-0.4, -0.2) is 46.0 Å². The summed E-state index contributed by atoms with van der Waals surface area (Å²) in [6, 6.07) is 10.9. The summed E-state index contributed by atoms with van der Waals surface area (Å²) in [5.74, 6) is -0.259. The molecule has 4 aromatic rings. The third kappa shape index (κ3) is 5.55. The zero-order chi connectivity index (χ0) is 27.6. The molecule has 2 aromatic carbocycles. The third-order valence-electron chi connectivity index (χ3n) is 6.76. The van der Waals surface area contributed by atoms with Gasteiger partial charge in [0.15, 0.2) is 0 Å². The Labute approximate surface area is 223 Å². The van der Waals surface area contributed by atoms with E-state index in [1.807, 2.05) is 19.1 Å². The van der Waals surface area contributed by atoms with E-state index in [9.17, 15) is 18.0 Å². The second kappa shape index (κ2) is 10.7. The van der Waals surface area contributed by atoms with Crippen molar-refractivity contribution in [3.8, 4) is 16.9 Å². The summed E-state index contributed by atoms with van der Waals surface area (Å²) >= 11 is 0. The normalized spacial score (nSPS) is 15.7. The predicted molar refractivity (Wildman–Crippen MR) is 142 cm³/mol. The standard InChI is InChI=1S/C29H26F3N5O2/c1-3-9-37-10-7-19(16-37)24-12-20(11-21-15-33-17-35-27(21)24)18-4-5-23(25(13-18)39-2)28(38)36-26-14-22(6-8-34-26)29(30,31)32/h3-6,8-9,11-15,17,19H,7,10,16H2,1-2H3,(H,34,36,38). The van der Waals surface area contributed by atoms with Crippen molar-refractivity contribution in [1.82, 2.24) is 19.9 Å². The number of halogens is 3. The van der Waals surface area contributed by atoms with E-state index in [0.717, 1.165) is 65.4 Å². The first kappa shape index (κ1) is 26.1. The first-order chi connectivity index (χ1) is 18.8. The topological polar surface area (TPSA) is 80.2 Å². The number of nitrogens with one attached hydrogen (secondary N) is 1. The number of ether oxygens (including phenoxy) is 1. The number of hydrogen-bond acceptors (Lipinski definition) is 6. The van der Waals surface area contributed by atoms with E-state index in [1.165, 1.54) is 7.11 Å². The number of methoxy groups -OCH3 is 1. The van der Waals surface area contributed by atoms with Crippen LogP contribution in [0.4, 0.5) is 19.0 Å². The number of pyridine rings is 1. The van der Waals surface area contributed by atoms with Gasteiger partial charge in [0.1, 0.15) is 17.9 Å². The SMILES string of the molecule is CC=CN1CCC(c2cc(-c3ccc(C(=O)Nc4cc(C(F)(F)F)ccn4)c(OC)c3)cc3cncnc23)C1. The molecule has 7 nitrogen and oxygen atoms in total. The lowest BCUT2D eigenvalue weighted by Gasteiger charge is -2.17. The van der Waals surface area contributed by atoms with Gasteiger partial charge in [-0.05, 0) is 72.6 Å². The van der Waals surface area contributed by atoms with E-state index >= 15 is 0 Å². The van der Waals surface area contributed by atoms with E-state index in [4.69, 9.17) is 4.74 Å². The van der Waals surface area contributed by atoms with E-state index in [2.05, 4.69) is 37.4 Å². The number of nitrogens with zero attached hydrogens (tertiary/aromatic N) is 4. The molecule has 1 aliphatic rings. The van der Waals surface area contributed by atoms with Gasteiger partial charge in [0, 0.05) is 36.8 Å². The number of alkyl halides is 3. The van der Waals surface area contributed by atoms with Crippen LogP contribution in [0.3, 0.4) is 0 Å². The van der Waals surface area contributed by atoms with Gasteiger partial charge in [-0.1, -0.05) is 12.1 Å². The van der Waals surface area contributed by atoms with Crippen LogP contribution >= 0.6 is 0 Å². The number of anilines is 1. The lowest BCUT2D eigenvalue weighted by molar-refractivity contribution is -0.137. The highest BCUT2D eigenvalue weighted by Crippen LogP contribution is 2.37. The average Bonchev–Trinajstić information content (AvgIpc) is 3.40. The molecule has 1 aliphatic heterocycles. The molecule has 1 unspecified atom stereocenters. The number of benzene rings is 2. The number of aromatic nitrogens is 3. The molecule has 5 rings (SSSR count). The van der Waals surface area contributed by atoms with Gasteiger partial charge in [-0.3, -0.25) is 4.79 Å². The smallest absolute Gasteiger partial charge is 0.416 e. The van der Waals surface area contributed by atoms with Gasteiger partial charge < -0.3 is 15.0 Å². The molecular formula is C29H26F3N5O2. The van der Waals surface area contributed by atoms with Crippen molar-refractivity contribution in [2.75, 3.05) is 25.5 Å². The van der Waals surface area contributed by atoms with Crippen molar-refractivity contribution < 1.29 is 22.7 Å². The third-order valence-corrected chi connectivity index (χ3v) is 6.76. The molecule has 0 bridgehead atoms. The molecule has 10 heteroatoms. The maximum absolute atomic E-state index is 13.1. The number of likely N-dealkylation sites (tertiary alicyclic amines) is 1. The number of fused-ring (bicyclic) bond motifs is 1. The molecule has 1 amide bonds. The summed E-state index contributed by atoms with van der Waals surface area (Å²) in [6.07, 6.45) is 4.93. The largest absolute Gasteiger partial charge is 0.496 e. The Bertz CT molecular complexity index is 1550. The maximum Gasteiger partial charge on any atom is 0.416 e. The lowest BCUT2D eigenvalue weighted by atomic mass is 9.91. The van der Waals surface area contributed by atoms with Gasteiger partial charge >= 0.3 is 6.18 Å². The Hall–Kier alpha value is -4.47. The van der Waals surface area contributed by atoms with Gasteiger partial charge in [-0.25, -0.2) is 15.0 Å². The number of hydrogen-bond donors (Lipinski definition) is 1. The van der Waals surface area contributed by atoms with Crippen molar-refractivity contribution >= 4 is 22.6 Å². The van der Waals surface area contributed by atoms with Gasteiger partial charge in [0.05, 0.1) is 23.8 Å².